The Morgan fingerprint density at radius 1 is 1.20 bits per heavy atom. The number of benzene rings is 1. The van der Waals surface area contributed by atoms with Crippen molar-refractivity contribution in [2.24, 2.45) is 0 Å². The van der Waals surface area contributed by atoms with Gasteiger partial charge in [0, 0.05) is 10.3 Å². The second-order valence-electron chi connectivity index (χ2n) is 7.01. The second-order valence-corrected chi connectivity index (χ2v) is 9.17. The highest BCUT2D eigenvalue weighted by Gasteiger charge is 2.18. The molecule has 3 aromatic heterocycles. The Labute approximate surface area is 183 Å². The number of fused-ring (bicyclic) bond motifs is 1. The number of aromatic nitrogens is 4. The summed E-state index contributed by atoms with van der Waals surface area (Å²) < 4.78 is 0. The van der Waals surface area contributed by atoms with E-state index < -0.39 is 0 Å². The number of nitrogens with zero attached hydrogens (tertiary/aromatic N) is 3. The molecule has 154 valence electrons. The monoisotopic (exact) mass is 437 g/mol. The van der Waals surface area contributed by atoms with Gasteiger partial charge in [-0.3, -0.25) is 4.79 Å². The first-order valence-corrected chi connectivity index (χ1v) is 11.6. The lowest BCUT2D eigenvalue weighted by atomic mass is 10.2. The molecule has 4 aromatic rings. The van der Waals surface area contributed by atoms with Crippen molar-refractivity contribution in [3.05, 3.63) is 59.1 Å². The van der Waals surface area contributed by atoms with E-state index in [1.807, 2.05) is 43.5 Å². The molecule has 2 N–H and O–H groups in total. The SMILES string of the molecule is CCC(NC(=O)CSc1ncnc2sc(C)c(C)c12)c1ncc(-c2ccccc2)[nH]1. The molecule has 1 atom stereocenters. The summed E-state index contributed by atoms with van der Waals surface area (Å²) in [5.41, 5.74) is 3.20. The molecular weight excluding hydrogens is 414 g/mol. The topological polar surface area (TPSA) is 83.6 Å². The van der Waals surface area contributed by atoms with Crippen LogP contribution in [0.25, 0.3) is 21.5 Å². The number of thioether (sulfide) groups is 1. The average molecular weight is 438 g/mol. The third-order valence-corrected chi connectivity index (χ3v) is 7.13. The van der Waals surface area contributed by atoms with Crippen LogP contribution in [0.1, 0.15) is 35.7 Å². The lowest BCUT2D eigenvalue weighted by molar-refractivity contribution is -0.119. The summed E-state index contributed by atoms with van der Waals surface area (Å²) in [6.07, 6.45) is 4.13. The van der Waals surface area contributed by atoms with Crippen LogP contribution in [-0.4, -0.2) is 31.6 Å². The third-order valence-electron chi connectivity index (χ3n) is 5.02. The maximum Gasteiger partial charge on any atom is 0.231 e. The minimum Gasteiger partial charge on any atom is -0.345 e. The quantitative estimate of drug-likeness (QED) is 0.312. The van der Waals surface area contributed by atoms with Crippen LogP contribution < -0.4 is 5.32 Å². The molecule has 30 heavy (non-hydrogen) atoms. The molecule has 0 aliphatic heterocycles. The van der Waals surface area contributed by atoms with Gasteiger partial charge in [0.15, 0.2) is 0 Å². The zero-order valence-electron chi connectivity index (χ0n) is 17.1. The fourth-order valence-corrected chi connectivity index (χ4v) is 5.20. The minimum atomic E-state index is -0.161. The number of rotatable bonds is 7. The van der Waals surface area contributed by atoms with E-state index in [-0.39, 0.29) is 11.9 Å². The number of aryl methyl sites for hydroxylation is 2. The van der Waals surface area contributed by atoms with Crippen molar-refractivity contribution in [3.8, 4) is 11.3 Å². The number of hydrogen-bond acceptors (Lipinski definition) is 6. The number of imidazole rings is 1. The molecule has 1 unspecified atom stereocenters. The molecule has 0 bridgehead atoms. The molecule has 0 aliphatic carbocycles. The molecule has 0 saturated carbocycles. The van der Waals surface area contributed by atoms with Crippen LogP contribution in [0.15, 0.2) is 47.9 Å². The van der Waals surface area contributed by atoms with Crippen LogP contribution in [-0.2, 0) is 4.79 Å². The van der Waals surface area contributed by atoms with E-state index in [1.165, 1.54) is 22.2 Å². The van der Waals surface area contributed by atoms with Crippen LogP contribution in [0.4, 0.5) is 0 Å². The number of carbonyl (C=O) groups excluding carboxylic acids is 1. The van der Waals surface area contributed by atoms with Gasteiger partial charge in [-0.1, -0.05) is 49.0 Å². The maximum atomic E-state index is 12.6. The molecule has 1 amide bonds. The molecule has 0 aliphatic rings. The zero-order valence-corrected chi connectivity index (χ0v) is 18.7. The van der Waals surface area contributed by atoms with E-state index in [2.05, 4.69) is 39.1 Å². The Kier molecular flexibility index (Phi) is 6.15. The molecule has 1 aromatic carbocycles. The third kappa shape index (κ3) is 4.24. The van der Waals surface area contributed by atoms with Gasteiger partial charge in [0.1, 0.15) is 22.0 Å². The van der Waals surface area contributed by atoms with Crippen LogP contribution in [0.3, 0.4) is 0 Å². The highest BCUT2D eigenvalue weighted by atomic mass is 32.2. The number of aromatic amines is 1. The van der Waals surface area contributed by atoms with Gasteiger partial charge in [0.05, 0.1) is 23.7 Å². The minimum absolute atomic E-state index is 0.0409. The predicted molar refractivity (Wildman–Crippen MR) is 123 cm³/mol. The summed E-state index contributed by atoms with van der Waals surface area (Å²) in [5, 5.41) is 5.01. The van der Waals surface area contributed by atoms with Crippen LogP contribution in [0.5, 0.6) is 0 Å². The summed E-state index contributed by atoms with van der Waals surface area (Å²) in [7, 11) is 0. The molecule has 3 heterocycles. The van der Waals surface area contributed by atoms with Gasteiger partial charge in [-0.2, -0.15) is 0 Å². The van der Waals surface area contributed by atoms with E-state index >= 15 is 0 Å². The first kappa shape index (κ1) is 20.6. The molecule has 0 spiro atoms. The summed E-state index contributed by atoms with van der Waals surface area (Å²) >= 11 is 3.11. The first-order valence-electron chi connectivity index (χ1n) is 9.80. The Hall–Kier alpha value is -2.71. The first-order chi connectivity index (χ1) is 14.6. The largest absolute Gasteiger partial charge is 0.345 e. The molecule has 6 nitrogen and oxygen atoms in total. The molecular formula is C22H23N5OS2. The summed E-state index contributed by atoms with van der Waals surface area (Å²) in [6.45, 7) is 6.20. The van der Waals surface area contributed by atoms with Crippen molar-refractivity contribution in [2.75, 3.05) is 5.75 Å². The Balaban J connectivity index is 1.43. The number of carbonyl (C=O) groups is 1. The Bertz CT molecular complexity index is 1170. The summed E-state index contributed by atoms with van der Waals surface area (Å²) in [4.78, 5) is 31.5. The van der Waals surface area contributed by atoms with E-state index in [1.54, 1.807) is 17.7 Å². The van der Waals surface area contributed by atoms with Gasteiger partial charge in [0.2, 0.25) is 5.91 Å². The lowest BCUT2D eigenvalue weighted by Crippen LogP contribution is -2.30. The van der Waals surface area contributed by atoms with Gasteiger partial charge in [-0.05, 0) is 31.4 Å². The van der Waals surface area contributed by atoms with E-state index in [4.69, 9.17) is 0 Å². The molecule has 0 fully saturated rings. The van der Waals surface area contributed by atoms with Gasteiger partial charge in [-0.15, -0.1) is 11.3 Å². The van der Waals surface area contributed by atoms with Crippen molar-refractivity contribution >= 4 is 39.2 Å². The Morgan fingerprint density at radius 2 is 2.00 bits per heavy atom. The van der Waals surface area contributed by atoms with Crippen molar-refractivity contribution < 1.29 is 4.79 Å². The average Bonchev–Trinajstić information content (AvgIpc) is 3.36. The van der Waals surface area contributed by atoms with Crippen LogP contribution in [0.2, 0.25) is 0 Å². The number of hydrogen-bond donors (Lipinski definition) is 2. The second kappa shape index (κ2) is 8.97. The normalized spacial score (nSPS) is 12.2. The summed E-state index contributed by atoms with van der Waals surface area (Å²) in [5.74, 6) is 1.02. The molecule has 8 heteroatoms. The fourth-order valence-electron chi connectivity index (χ4n) is 3.27. The van der Waals surface area contributed by atoms with Gasteiger partial charge in [-0.25, -0.2) is 15.0 Å². The van der Waals surface area contributed by atoms with Crippen molar-refractivity contribution in [1.82, 2.24) is 25.3 Å². The highest BCUT2D eigenvalue weighted by Crippen LogP contribution is 2.34. The fraction of sp³-hybridized carbons (Fsp3) is 0.273. The standard InChI is InChI=1S/C22H23N5OS2/c1-4-16(20-23-10-17(27-20)15-8-6-5-7-9-15)26-18(28)11-29-21-19-13(2)14(3)30-22(19)25-12-24-21/h5-10,12,16H,4,11H2,1-3H3,(H,23,27)(H,26,28). The number of nitrogens with one attached hydrogen (secondary N) is 2. The predicted octanol–water partition coefficient (Wildman–Crippen LogP) is 5.06. The molecule has 4 rings (SSSR count). The highest BCUT2D eigenvalue weighted by molar-refractivity contribution is 8.00. The smallest absolute Gasteiger partial charge is 0.231 e. The van der Waals surface area contributed by atoms with Crippen molar-refractivity contribution in [2.45, 2.75) is 38.3 Å². The van der Waals surface area contributed by atoms with Gasteiger partial charge in [0.25, 0.3) is 0 Å². The maximum absolute atomic E-state index is 12.6. The van der Waals surface area contributed by atoms with Gasteiger partial charge < -0.3 is 10.3 Å². The van der Waals surface area contributed by atoms with Crippen molar-refractivity contribution in [3.63, 3.8) is 0 Å². The van der Waals surface area contributed by atoms with Crippen LogP contribution >= 0.6 is 23.1 Å². The van der Waals surface area contributed by atoms with Crippen LogP contribution in [0, 0.1) is 13.8 Å². The lowest BCUT2D eigenvalue weighted by Gasteiger charge is -2.14. The zero-order chi connectivity index (χ0) is 21.1. The molecule has 0 saturated heterocycles. The number of amides is 1. The summed E-state index contributed by atoms with van der Waals surface area (Å²) in [6, 6.07) is 9.87. The Morgan fingerprint density at radius 3 is 2.77 bits per heavy atom. The van der Waals surface area contributed by atoms with E-state index in [0.29, 0.717) is 5.75 Å². The molecule has 0 radical (unpaired) electrons. The van der Waals surface area contributed by atoms with E-state index in [0.717, 1.165) is 38.7 Å². The number of thiophene rings is 1. The van der Waals surface area contributed by atoms with E-state index in [9.17, 15) is 4.79 Å². The van der Waals surface area contributed by atoms with Gasteiger partial charge >= 0.3 is 0 Å². The van der Waals surface area contributed by atoms with Crippen molar-refractivity contribution in [1.29, 1.82) is 0 Å². The number of H-pyrrole nitrogens is 1.